The molecule has 0 spiro atoms. The Labute approximate surface area is 335 Å². The van der Waals surface area contributed by atoms with Gasteiger partial charge >= 0.3 is 0 Å². The monoisotopic (exact) mass is 888 g/mol. The molecule has 4 heterocycles. The minimum Gasteiger partial charge on any atom is -0.456 e. The smallest absolute Gasteiger partial charge is 0.136 e. The maximum atomic E-state index is 6.36. The van der Waals surface area contributed by atoms with Crippen molar-refractivity contribution < 1.29 is 24.5 Å². The molecule has 0 saturated carbocycles. The molecular formula is C50H37IrN3O-2. The zero-order valence-electron chi connectivity index (χ0n) is 31.0. The zero-order valence-corrected chi connectivity index (χ0v) is 33.4. The normalized spacial score (nSPS) is 11.3. The van der Waals surface area contributed by atoms with Gasteiger partial charge in [-0.2, -0.15) is 0 Å². The second-order valence-electron chi connectivity index (χ2n) is 13.9. The molecule has 0 amide bonds. The Hall–Kier alpha value is -6.13. The Kier molecular flexibility index (Phi) is 9.75. The maximum Gasteiger partial charge on any atom is 0.136 e. The Morgan fingerprint density at radius 1 is 0.564 bits per heavy atom. The third-order valence-electron chi connectivity index (χ3n) is 10.3. The minimum atomic E-state index is 0. The number of nitrogens with zero attached hydrogens (tertiary/aromatic N) is 2. The van der Waals surface area contributed by atoms with Crippen LogP contribution >= 0.6 is 0 Å². The van der Waals surface area contributed by atoms with Crippen LogP contribution in [0.4, 0.5) is 11.4 Å². The molecule has 1 radical (unpaired) electrons. The number of fused-ring (bicyclic) bond motifs is 10. The van der Waals surface area contributed by atoms with Gasteiger partial charge in [-0.3, -0.25) is 0 Å². The molecule has 9 aromatic rings. The number of aryl methyl sites for hydroxylation is 3. The second kappa shape index (κ2) is 14.9. The SMILES string of the molecule is Cc1cc(C)c(-c2cc3c(C)c(c2)-c2c(ccc4oc5ccccc5c24)Nc2c[c-]c(-c4ccccn4)cc2-3)c(C)c1.[Ir].[c-]1ccccc1-c1ccccn1. The summed E-state index contributed by atoms with van der Waals surface area (Å²) in [5.74, 6) is 0. The predicted molar refractivity (Wildman–Crippen MR) is 223 cm³/mol. The van der Waals surface area contributed by atoms with E-state index in [2.05, 4.69) is 122 Å². The van der Waals surface area contributed by atoms with E-state index in [1.807, 2.05) is 72.9 Å². The van der Waals surface area contributed by atoms with Crippen LogP contribution in [0.15, 0.2) is 150 Å². The van der Waals surface area contributed by atoms with E-state index in [0.717, 1.165) is 61.4 Å². The molecule has 6 aromatic carbocycles. The Morgan fingerprint density at radius 2 is 1.25 bits per heavy atom. The van der Waals surface area contributed by atoms with Gasteiger partial charge in [0.2, 0.25) is 0 Å². The molecule has 1 aliphatic rings. The summed E-state index contributed by atoms with van der Waals surface area (Å²) in [6, 6.07) is 52.5. The first-order chi connectivity index (χ1) is 26.4. The molecule has 4 nitrogen and oxygen atoms in total. The predicted octanol–water partition coefficient (Wildman–Crippen LogP) is 13.3. The number of pyridine rings is 2. The van der Waals surface area contributed by atoms with Crippen molar-refractivity contribution in [2.45, 2.75) is 27.7 Å². The van der Waals surface area contributed by atoms with Crippen molar-refractivity contribution in [1.29, 1.82) is 0 Å². The third kappa shape index (κ3) is 6.67. The standard InChI is InChI=1S/C39H29N2O.C11H8N.Ir/c1-22-17-23(2)37(24(3)18-22)27-20-29-25(4)30(21-27)38-34(14-15-36-39(38)28-9-5-6-11-35(28)42-36)41-33-13-12-26(19-31(29)33)32-10-7-8-16-40-32;1-2-6-10(7-3-1)11-8-4-5-9-12-11;/h5-11,13-21,41H,1-4H3;1-6,8-9H;/q2*-1;. The number of rotatable bonds is 3. The van der Waals surface area contributed by atoms with Gasteiger partial charge in [-0.05, 0) is 126 Å². The molecule has 0 unspecified atom stereocenters. The molecule has 2 bridgehead atoms. The van der Waals surface area contributed by atoms with Crippen molar-refractivity contribution in [2.75, 3.05) is 5.32 Å². The third-order valence-corrected chi connectivity index (χ3v) is 10.3. The summed E-state index contributed by atoms with van der Waals surface area (Å²) in [6.07, 6.45) is 3.62. The van der Waals surface area contributed by atoms with Crippen molar-refractivity contribution >= 4 is 33.3 Å². The number of hydrogen-bond acceptors (Lipinski definition) is 4. The molecule has 0 fully saturated rings. The van der Waals surface area contributed by atoms with Crippen LogP contribution in [0.2, 0.25) is 0 Å². The largest absolute Gasteiger partial charge is 0.456 e. The van der Waals surface area contributed by atoms with Gasteiger partial charge in [0.25, 0.3) is 0 Å². The summed E-state index contributed by atoms with van der Waals surface area (Å²) in [6.45, 7) is 8.86. The number of anilines is 2. The van der Waals surface area contributed by atoms with Crippen LogP contribution in [0.25, 0.3) is 77.8 Å². The van der Waals surface area contributed by atoms with E-state index in [1.54, 1.807) is 6.20 Å². The van der Waals surface area contributed by atoms with Gasteiger partial charge in [-0.1, -0.05) is 65.7 Å². The quantitative estimate of drug-likeness (QED) is 0.180. The Balaban J connectivity index is 0.000000280. The molecule has 10 rings (SSSR count). The molecule has 5 heteroatoms. The molecule has 0 atom stereocenters. The summed E-state index contributed by atoms with van der Waals surface area (Å²) >= 11 is 0. The topological polar surface area (TPSA) is 51.0 Å². The molecule has 0 aliphatic carbocycles. The van der Waals surface area contributed by atoms with E-state index in [0.29, 0.717) is 0 Å². The molecular weight excluding hydrogens is 851 g/mol. The van der Waals surface area contributed by atoms with Crippen molar-refractivity contribution in [3.63, 3.8) is 0 Å². The first kappa shape index (κ1) is 35.9. The van der Waals surface area contributed by atoms with Gasteiger partial charge in [-0.25, -0.2) is 0 Å². The van der Waals surface area contributed by atoms with Gasteiger partial charge in [0.1, 0.15) is 11.2 Å². The van der Waals surface area contributed by atoms with Crippen LogP contribution in [-0.2, 0) is 20.1 Å². The van der Waals surface area contributed by atoms with Gasteiger partial charge in [0, 0.05) is 54.5 Å². The zero-order chi connectivity index (χ0) is 36.8. The maximum absolute atomic E-state index is 6.36. The number of furan rings is 1. The summed E-state index contributed by atoms with van der Waals surface area (Å²) in [5, 5.41) is 6.06. The van der Waals surface area contributed by atoms with Gasteiger partial charge in [0.15, 0.2) is 0 Å². The van der Waals surface area contributed by atoms with Crippen molar-refractivity contribution in [2.24, 2.45) is 0 Å². The van der Waals surface area contributed by atoms with Crippen molar-refractivity contribution in [3.05, 3.63) is 180 Å². The minimum absolute atomic E-state index is 0. The Bertz CT molecular complexity index is 2770. The van der Waals surface area contributed by atoms with E-state index in [4.69, 9.17) is 4.42 Å². The van der Waals surface area contributed by atoms with Crippen LogP contribution in [0.1, 0.15) is 22.3 Å². The summed E-state index contributed by atoms with van der Waals surface area (Å²) in [5.41, 5.74) is 20.1. The molecule has 3 aromatic heterocycles. The fourth-order valence-electron chi connectivity index (χ4n) is 7.94. The van der Waals surface area contributed by atoms with Crippen LogP contribution in [-0.4, -0.2) is 9.97 Å². The summed E-state index contributed by atoms with van der Waals surface area (Å²) < 4.78 is 6.36. The Morgan fingerprint density at radius 3 is 1.96 bits per heavy atom. The first-order valence-corrected chi connectivity index (χ1v) is 18.2. The van der Waals surface area contributed by atoms with Gasteiger partial charge < -0.3 is 19.7 Å². The summed E-state index contributed by atoms with van der Waals surface area (Å²) in [7, 11) is 0. The van der Waals surface area contributed by atoms with Gasteiger partial charge in [-0.15, -0.1) is 59.7 Å². The number of nitrogens with one attached hydrogen (secondary N) is 1. The molecule has 1 aliphatic heterocycles. The number of para-hydroxylation sites is 1. The van der Waals surface area contributed by atoms with Gasteiger partial charge in [0.05, 0.1) is 0 Å². The number of hydrogen-bond donors (Lipinski definition) is 1. The molecule has 1 N–H and O–H groups in total. The van der Waals surface area contributed by atoms with E-state index in [9.17, 15) is 0 Å². The average molecular weight is 888 g/mol. The number of aromatic nitrogens is 2. The van der Waals surface area contributed by atoms with Crippen LogP contribution in [0.3, 0.4) is 0 Å². The fourth-order valence-corrected chi connectivity index (χ4v) is 7.94. The van der Waals surface area contributed by atoms with E-state index in [1.165, 1.54) is 50.1 Å². The van der Waals surface area contributed by atoms with Crippen LogP contribution in [0.5, 0.6) is 0 Å². The number of benzene rings is 6. The average Bonchev–Trinajstić information content (AvgIpc) is 3.58. The van der Waals surface area contributed by atoms with E-state index < -0.39 is 0 Å². The molecule has 269 valence electrons. The van der Waals surface area contributed by atoms with E-state index >= 15 is 0 Å². The van der Waals surface area contributed by atoms with Crippen LogP contribution < -0.4 is 5.32 Å². The van der Waals surface area contributed by atoms with Crippen molar-refractivity contribution in [3.8, 4) is 55.9 Å². The van der Waals surface area contributed by atoms with Crippen molar-refractivity contribution in [1.82, 2.24) is 9.97 Å². The fraction of sp³-hybridized carbons (Fsp3) is 0.0800. The van der Waals surface area contributed by atoms with E-state index in [-0.39, 0.29) is 20.1 Å². The first-order valence-electron chi connectivity index (χ1n) is 18.2. The molecule has 55 heavy (non-hydrogen) atoms. The summed E-state index contributed by atoms with van der Waals surface area (Å²) in [4.78, 5) is 8.84. The second-order valence-corrected chi connectivity index (χ2v) is 13.9. The molecule has 0 saturated heterocycles. The van der Waals surface area contributed by atoms with Crippen LogP contribution in [0, 0.1) is 39.8 Å².